The Kier molecular flexibility index (Phi) is 6.00. The van der Waals surface area contributed by atoms with Gasteiger partial charge in [-0.3, -0.25) is 4.68 Å². The number of aromatic nitrogens is 2. The summed E-state index contributed by atoms with van der Waals surface area (Å²) < 4.78 is 2.18. The summed E-state index contributed by atoms with van der Waals surface area (Å²) in [6, 6.07) is 13.2. The van der Waals surface area contributed by atoms with Crippen molar-refractivity contribution in [1.29, 1.82) is 0 Å². The largest absolute Gasteiger partial charge is 0.308 e. The highest BCUT2D eigenvalue weighted by Crippen LogP contribution is 2.17. The standard InChI is InChI=1S/C18H27N3/c1-4-12-19-18(15-10-8-7-9-11-15)14-21-17(6-3)13-16(5-2)20-21/h7-11,13,18-19H,4-6,12,14H2,1-3H3. The van der Waals surface area contributed by atoms with Crippen molar-refractivity contribution in [3.05, 3.63) is 53.3 Å². The van der Waals surface area contributed by atoms with Gasteiger partial charge < -0.3 is 5.32 Å². The van der Waals surface area contributed by atoms with Crippen LogP contribution in [0.15, 0.2) is 36.4 Å². The lowest BCUT2D eigenvalue weighted by molar-refractivity contribution is 0.429. The van der Waals surface area contributed by atoms with Crippen molar-refractivity contribution < 1.29 is 0 Å². The molecule has 0 saturated heterocycles. The van der Waals surface area contributed by atoms with Crippen molar-refractivity contribution in [2.75, 3.05) is 6.54 Å². The van der Waals surface area contributed by atoms with Gasteiger partial charge in [-0.1, -0.05) is 51.1 Å². The summed E-state index contributed by atoms with van der Waals surface area (Å²) in [5.74, 6) is 0. The summed E-state index contributed by atoms with van der Waals surface area (Å²) >= 11 is 0. The topological polar surface area (TPSA) is 29.9 Å². The molecule has 1 atom stereocenters. The van der Waals surface area contributed by atoms with Crippen molar-refractivity contribution in [3.8, 4) is 0 Å². The maximum atomic E-state index is 4.75. The summed E-state index contributed by atoms with van der Waals surface area (Å²) in [7, 11) is 0. The zero-order chi connectivity index (χ0) is 15.1. The Morgan fingerprint density at radius 2 is 1.86 bits per heavy atom. The molecule has 21 heavy (non-hydrogen) atoms. The molecule has 2 rings (SSSR count). The molecule has 1 aromatic heterocycles. The third-order valence-corrected chi connectivity index (χ3v) is 3.84. The van der Waals surface area contributed by atoms with Crippen LogP contribution in [-0.4, -0.2) is 16.3 Å². The number of hydrogen-bond donors (Lipinski definition) is 1. The van der Waals surface area contributed by atoms with Gasteiger partial charge in [0.05, 0.1) is 18.3 Å². The summed E-state index contributed by atoms with van der Waals surface area (Å²) in [4.78, 5) is 0. The third-order valence-electron chi connectivity index (χ3n) is 3.84. The van der Waals surface area contributed by atoms with Crippen molar-refractivity contribution in [2.45, 2.75) is 52.6 Å². The Bertz CT molecular complexity index is 531. The van der Waals surface area contributed by atoms with Crippen LogP contribution in [0.25, 0.3) is 0 Å². The van der Waals surface area contributed by atoms with Crippen LogP contribution in [0.5, 0.6) is 0 Å². The molecule has 3 nitrogen and oxygen atoms in total. The van der Waals surface area contributed by atoms with Gasteiger partial charge in [-0.05, 0) is 37.4 Å². The van der Waals surface area contributed by atoms with E-state index in [-0.39, 0.29) is 0 Å². The van der Waals surface area contributed by atoms with Crippen molar-refractivity contribution in [3.63, 3.8) is 0 Å². The molecule has 3 heteroatoms. The van der Waals surface area contributed by atoms with Crippen molar-refractivity contribution >= 4 is 0 Å². The molecule has 0 amide bonds. The van der Waals surface area contributed by atoms with Crippen LogP contribution in [-0.2, 0) is 19.4 Å². The van der Waals surface area contributed by atoms with Crippen molar-refractivity contribution in [2.24, 2.45) is 0 Å². The molecule has 1 aromatic carbocycles. The zero-order valence-electron chi connectivity index (χ0n) is 13.5. The van der Waals surface area contributed by atoms with Gasteiger partial charge in [-0.2, -0.15) is 5.10 Å². The Labute approximate surface area is 128 Å². The van der Waals surface area contributed by atoms with Gasteiger partial charge in [0.2, 0.25) is 0 Å². The highest BCUT2D eigenvalue weighted by molar-refractivity contribution is 5.19. The van der Waals surface area contributed by atoms with Gasteiger partial charge >= 0.3 is 0 Å². The maximum absolute atomic E-state index is 4.75. The molecule has 114 valence electrons. The third kappa shape index (κ3) is 4.18. The second-order valence-corrected chi connectivity index (χ2v) is 5.43. The van der Waals surface area contributed by atoms with E-state index in [2.05, 4.69) is 67.2 Å². The molecule has 0 bridgehead atoms. The fourth-order valence-electron chi connectivity index (χ4n) is 2.60. The molecule has 0 radical (unpaired) electrons. The van der Waals surface area contributed by atoms with E-state index in [0.717, 1.165) is 32.4 Å². The van der Waals surface area contributed by atoms with Crippen LogP contribution in [0.2, 0.25) is 0 Å². The smallest absolute Gasteiger partial charge is 0.0624 e. The average molecular weight is 285 g/mol. The van der Waals surface area contributed by atoms with Crippen LogP contribution in [0.3, 0.4) is 0 Å². The first-order chi connectivity index (χ1) is 10.3. The van der Waals surface area contributed by atoms with E-state index in [1.54, 1.807) is 0 Å². The van der Waals surface area contributed by atoms with Gasteiger partial charge in [0.25, 0.3) is 0 Å². The second-order valence-electron chi connectivity index (χ2n) is 5.43. The van der Waals surface area contributed by atoms with Gasteiger partial charge in [0.15, 0.2) is 0 Å². The fourth-order valence-corrected chi connectivity index (χ4v) is 2.60. The van der Waals surface area contributed by atoms with E-state index < -0.39 is 0 Å². The lowest BCUT2D eigenvalue weighted by Crippen LogP contribution is -2.27. The number of aryl methyl sites for hydroxylation is 2. The molecule has 1 unspecified atom stereocenters. The van der Waals surface area contributed by atoms with Gasteiger partial charge in [-0.25, -0.2) is 0 Å². The monoisotopic (exact) mass is 285 g/mol. The first-order valence-electron chi connectivity index (χ1n) is 8.12. The van der Waals surface area contributed by atoms with Crippen LogP contribution in [0.4, 0.5) is 0 Å². The minimum absolute atomic E-state index is 0.320. The Morgan fingerprint density at radius 3 is 2.48 bits per heavy atom. The molecular weight excluding hydrogens is 258 g/mol. The molecule has 0 aliphatic rings. The molecule has 1 N–H and O–H groups in total. The van der Waals surface area contributed by atoms with Crippen LogP contribution in [0, 0.1) is 0 Å². The molecule has 0 aliphatic heterocycles. The molecule has 0 fully saturated rings. The fraction of sp³-hybridized carbons (Fsp3) is 0.500. The Hall–Kier alpha value is -1.61. The SMILES string of the molecule is CCCNC(Cn1nc(CC)cc1CC)c1ccccc1. The van der Waals surface area contributed by atoms with Gasteiger partial charge in [0, 0.05) is 5.69 Å². The van der Waals surface area contributed by atoms with E-state index in [9.17, 15) is 0 Å². The number of hydrogen-bond acceptors (Lipinski definition) is 2. The first kappa shape index (κ1) is 15.8. The van der Waals surface area contributed by atoms with E-state index in [4.69, 9.17) is 5.10 Å². The van der Waals surface area contributed by atoms with E-state index in [1.165, 1.54) is 17.0 Å². The minimum Gasteiger partial charge on any atom is -0.308 e. The predicted octanol–water partition coefficient (Wildman–Crippen LogP) is 3.75. The predicted molar refractivity (Wildman–Crippen MR) is 88.5 cm³/mol. The van der Waals surface area contributed by atoms with Crippen molar-refractivity contribution in [1.82, 2.24) is 15.1 Å². The van der Waals surface area contributed by atoms with E-state index in [1.807, 2.05) is 0 Å². The highest BCUT2D eigenvalue weighted by Gasteiger charge is 2.14. The average Bonchev–Trinajstić information content (AvgIpc) is 2.94. The quantitative estimate of drug-likeness (QED) is 0.800. The van der Waals surface area contributed by atoms with Gasteiger partial charge in [-0.15, -0.1) is 0 Å². The highest BCUT2D eigenvalue weighted by atomic mass is 15.3. The Morgan fingerprint density at radius 1 is 1.10 bits per heavy atom. The molecule has 0 aliphatic carbocycles. The second kappa shape index (κ2) is 7.99. The number of rotatable bonds is 8. The number of nitrogens with zero attached hydrogens (tertiary/aromatic N) is 2. The maximum Gasteiger partial charge on any atom is 0.0624 e. The summed E-state index contributed by atoms with van der Waals surface area (Å²) in [6.45, 7) is 8.49. The van der Waals surface area contributed by atoms with Gasteiger partial charge in [0.1, 0.15) is 0 Å². The molecular formula is C18H27N3. The van der Waals surface area contributed by atoms with Crippen LogP contribution in [0.1, 0.15) is 50.2 Å². The molecule has 1 heterocycles. The lowest BCUT2D eigenvalue weighted by Gasteiger charge is -2.20. The lowest BCUT2D eigenvalue weighted by atomic mass is 10.1. The van der Waals surface area contributed by atoms with Crippen LogP contribution < -0.4 is 5.32 Å². The van der Waals surface area contributed by atoms with E-state index in [0.29, 0.717) is 6.04 Å². The first-order valence-corrected chi connectivity index (χ1v) is 8.12. The zero-order valence-corrected chi connectivity index (χ0v) is 13.5. The minimum atomic E-state index is 0.320. The molecule has 2 aromatic rings. The normalized spacial score (nSPS) is 12.5. The summed E-state index contributed by atoms with van der Waals surface area (Å²) in [5.41, 5.74) is 3.85. The Balaban J connectivity index is 2.20. The molecule has 0 spiro atoms. The van der Waals surface area contributed by atoms with Crippen LogP contribution >= 0.6 is 0 Å². The molecule has 0 saturated carbocycles. The summed E-state index contributed by atoms with van der Waals surface area (Å²) in [5, 5.41) is 8.40. The van der Waals surface area contributed by atoms with E-state index >= 15 is 0 Å². The number of nitrogens with one attached hydrogen (secondary N) is 1. The summed E-state index contributed by atoms with van der Waals surface area (Å²) in [6.07, 6.45) is 3.17. The number of benzene rings is 1.